The molecule has 108 valence electrons. The Morgan fingerprint density at radius 3 is 2.68 bits per heavy atom. The SMILES string of the molecule is FC(F)(F)c1cccc(NN2CCCOCC2)c1.[Fe]. The first-order valence-electron chi connectivity index (χ1n) is 5.82. The number of benzene rings is 1. The van der Waals surface area contributed by atoms with E-state index >= 15 is 0 Å². The van der Waals surface area contributed by atoms with Crippen molar-refractivity contribution in [2.45, 2.75) is 12.6 Å². The average molecular weight is 316 g/mol. The molecule has 7 heteroatoms. The number of ether oxygens (including phenoxy) is 1. The van der Waals surface area contributed by atoms with Gasteiger partial charge in [-0.25, -0.2) is 5.01 Å². The number of halogens is 3. The third kappa shape index (κ3) is 5.03. The van der Waals surface area contributed by atoms with Crippen LogP contribution in [0.25, 0.3) is 0 Å². The van der Waals surface area contributed by atoms with Crippen LogP contribution in [0.15, 0.2) is 24.3 Å². The predicted octanol–water partition coefficient (Wildman–Crippen LogP) is 2.75. The van der Waals surface area contributed by atoms with Gasteiger partial charge in [0.05, 0.1) is 12.2 Å². The first-order chi connectivity index (χ1) is 8.55. The number of rotatable bonds is 2. The van der Waals surface area contributed by atoms with Crippen LogP contribution in [0.5, 0.6) is 0 Å². The van der Waals surface area contributed by atoms with Crippen LogP contribution < -0.4 is 5.43 Å². The second-order valence-electron chi connectivity index (χ2n) is 4.14. The fourth-order valence-electron chi connectivity index (χ4n) is 1.81. The number of nitrogens with zero attached hydrogens (tertiary/aromatic N) is 1. The summed E-state index contributed by atoms with van der Waals surface area (Å²) in [7, 11) is 0. The van der Waals surface area contributed by atoms with Gasteiger partial charge in [0.15, 0.2) is 0 Å². The van der Waals surface area contributed by atoms with Crippen molar-refractivity contribution in [3.63, 3.8) is 0 Å². The van der Waals surface area contributed by atoms with Crippen LogP contribution in [0.2, 0.25) is 0 Å². The molecule has 0 aliphatic carbocycles. The summed E-state index contributed by atoms with van der Waals surface area (Å²) in [6.45, 7) is 2.71. The van der Waals surface area contributed by atoms with Crippen LogP contribution >= 0.6 is 0 Å². The molecule has 19 heavy (non-hydrogen) atoms. The molecule has 1 aliphatic rings. The number of anilines is 1. The molecule has 0 aromatic heterocycles. The van der Waals surface area contributed by atoms with Gasteiger partial charge in [-0.1, -0.05) is 6.07 Å². The maximum atomic E-state index is 12.6. The molecule has 1 aromatic rings. The molecule has 2 rings (SSSR count). The van der Waals surface area contributed by atoms with Gasteiger partial charge >= 0.3 is 6.18 Å². The minimum Gasteiger partial charge on any atom is -0.380 e. The third-order valence-electron chi connectivity index (χ3n) is 2.70. The smallest absolute Gasteiger partial charge is 0.380 e. The molecule has 0 spiro atoms. The largest absolute Gasteiger partial charge is 0.416 e. The normalized spacial score (nSPS) is 17.4. The summed E-state index contributed by atoms with van der Waals surface area (Å²) < 4.78 is 42.9. The van der Waals surface area contributed by atoms with Crippen LogP contribution in [0.3, 0.4) is 0 Å². The molecule has 1 fully saturated rings. The van der Waals surface area contributed by atoms with Crippen molar-refractivity contribution in [3.05, 3.63) is 29.8 Å². The molecular weight excluding hydrogens is 301 g/mol. The van der Waals surface area contributed by atoms with Crippen molar-refractivity contribution in [2.24, 2.45) is 0 Å². The first-order valence-corrected chi connectivity index (χ1v) is 5.82. The maximum Gasteiger partial charge on any atom is 0.416 e. The number of nitrogens with one attached hydrogen (secondary N) is 1. The van der Waals surface area contributed by atoms with Crippen molar-refractivity contribution in [3.8, 4) is 0 Å². The topological polar surface area (TPSA) is 24.5 Å². The van der Waals surface area contributed by atoms with Crippen LogP contribution in [0, 0.1) is 0 Å². The first kappa shape index (κ1) is 16.3. The minimum absolute atomic E-state index is 0. The van der Waals surface area contributed by atoms with E-state index in [4.69, 9.17) is 4.74 Å². The van der Waals surface area contributed by atoms with E-state index in [2.05, 4.69) is 5.43 Å². The van der Waals surface area contributed by atoms with Gasteiger partial charge < -0.3 is 10.2 Å². The number of alkyl halides is 3. The van der Waals surface area contributed by atoms with E-state index in [-0.39, 0.29) is 17.1 Å². The van der Waals surface area contributed by atoms with Crippen LogP contribution in [-0.4, -0.2) is 31.3 Å². The standard InChI is InChI=1S/C12H15F3N2O.Fe/c13-12(14,15)10-3-1-4-11(9-10)16-17-5-2-7-18-8-6-17;/h1,3-4,9,16H,2,5-8H2;. The molecule has 1 saturated heterocycles. The van der Waals surface area contributed by atoms with Gasteiger partial charge in [0.2, 0.25) is 0 Å². The molecule has 0 saturated carbocycles. The van der Waals surface area contributed by atoms with E-state index in [9.17, 15) is 13.2 Å². The number of hydrogen-bond acceptors (Lipinski definition) is 3. The fourth-order valence-corrected chi connectivity index (χ4v) is 1.81. The Balaban J connectivity index is 0.00000180. The van der Waals surface area contributed by atoms with Gasteiger partial charge in [0, 0.05) is 42.5 Å². The predicted molar refractivity (Wildman–Crippen MR) is 62.1 cm³/mol. The van der Waals surface area contributed by atoms with Gasteiger partial charge in [-0.3, -0.25) is 0 Å². The van der Waals surface area contributed by atoms with E-state index in [1.165, 1.54) is 6.07 Å². The molecule has 3 nitrogen and oxygen atoms in total. The second-order valence-corrected chi connectivity index (χ2v) is 4.14. The zero-order valence-electron chi connectivity index (χ0n) is 10.2. The summed E-state index contributed by atoms with van der Waals surface area (Å²) in [4.78, 5) is 0. The Morgan fingerprint density at radius 2 is 1.95 bits per heavy atom. The maximum absolute atomic E-state index is 12.6. The van der Waals surface area contributed by atoms with E-state index in [1.807, 2.05) is 5.01 Å². The van der Waals surface area contributed by atoms with Gasteiger partial charge in [-0.05, 0) is 24.6 Å². The molecule has 1 heterocycles. The van der Waals surface area contributed by atoms with Gasteiger partial charge in [0.25, 0.3) is 0 Å². The Bertz CT molecular complexity index is 393. The van der Waals surface area contributed by atoms with Crippen molar-refractivity contribution in [1.29, 1.82) is 0 Å². The zero-order valence-corrected chi connectivity index (χ0v) is 11.3. The minimum atomic E-state index is -4.31. The molecule has 0 amide bonds. The quantitative estimate of drug-likeness (QED) is 0.849. The molecule has 1 aliphatic heterocycles. The third-order valence-corrected chi connectivity index (χ3v) is 2.70. The van der Waals surface area contributed by atoms with E-state index in [1.54, 1.807) is 6.07 Å². The zero-order chi connectivity index (χ0) is 13.0. The molecule has 1 N–H and O–H groups in total. The van der Waals surface area contributed by atoms with Crippen molar-refractivity contribution in [2.75, 3.05) is 31.7 Å². The van der Waals surface area contributed by atoms with Gasteiger partial charge in [-0.2, -0.15) is 13.2 Å². The molecule has 0 atom stereocenters. The average Bonchev–Trinajstić information content (AvgIpc) is 2.57. The van der Waals surface area contributed by atoms with E-state index in [0.717, 1.165) is 25.1 Å². The van der Waals surface area contributed by atoms with E-state index in [0.29, 0.717) is 25.4 Å². The Morgan fingerprint density at radius 1 is 1.16 bits per heavy atom. The van der Waals surface area contributed by atoms with Crippen LogP contribution in [0.1, 0.15) is 12.0 Å². The Hall–Kier alpha value is -0.751. The van der Waals surface area contributed by atoms with Gasteiger partial charge in [-0.15, -0.1) is 0 Å². The molecule has 1 aromatic carbocycles. The Labute approximate surface area is 120 Å². The molecule has 0 unspecified atom stereocenters. The van der Waals surface area contributed by atoms with E-state index < -0.39 is 11.7 Å². The van der Waals surface area contributed by atoms with Gasteiger partial charge in [0.1, 0.15) is 0 Å². The molecule has 0 radical (unpaired) electrons. The summed E-state index contributed by atoms with van der Waals surface area (Å²) in [6.07, 6.45) is -3.44. The van der Waals surface area contributed by atoms with Crippen LogP contribution in [-0.2, 0) is 28.0 Å². The second kappa shape index (κ2) is 7.14. The van der Waals surface area contributed by atoms with Crippen molar-refractivity contribution >= 4 is 5.69 Å². The van der Waals surface area contributed by atoms with Crippen LogP contribution in [0.4, 0.5) is 18.9 Å². The van der Waals surface area contributed by atoms with Crippen molar-refractivity contribution < 1.29 is 35.0 Å². The number of hydrogen-bond donors (Lipinski definition) is 1. The summed E-state index contributed by atoms with van der Waals surface area (Å²) in [5, 5.41) is 1.88. The number of hydrazine groups is 1. The fraction of sp³-hybridized carbons (Fsp3) is 0.500. The summed E-state index contributed by atoms with van der Waals surface area (Å²) in [5.41, 5.74) is 2.80. The summed E-state index contributed by atoms with van der Waals surface area (Å²) >= 11 is 0. The summed E-state index contributed by atoms with van der Waals surface area (Å²) in [5.74, 6) is 0. The Kier molecular flexibility index (Phi) is 6.13. The van der Waals surface area contributed by atoms with Crippen molar-refractivity contribution in [1.82, 2.24) is 5.01 Å². The monoisotopic (exact) mass is 316 g/mol. The molecular formula is C12H15F3FeN2O. The summed E-state index contributed by atoms with van der Waals surface area (Å²) in [6, 6.07) is 5.21. The molecule has 0 bridgehead atoms.